The van der Waals surface area contributed by atoms with Crippen LogP contribution in [0.2, 0.25) is 5.02 Å². The highest BCUT2D eigenvalue weighted by Crippen LogP contribution is 2.33. The lowest BCUT2D eigenvalue weighted by atomic mass is 9.95. The molecule has 3 rings (SSSR count). The van der Waals surface area contributed by atoms with E-state index in [1.165, 1.54) is 0 Å². The van der Waals surface area contributed by atoms with Gasteiger partial charge in [0.15, 0.2) is 0 Å². The van der Waals surface area contributed by atoms with Crippen LogP contribution in [0.3, 0.4) is 0 Å². The lowest BCUT2D eigenvalue weighted by molar-refractivity contribution is 0.215. The van der Waals surface area contributed by atoms with Gasteiger partial charge >= 0.3 is 0 Å². The molecule has 2 atom stereocenters. The SMILES string of the molecule is C=C/C(C)=C(\C=C/C)C(O)c1ccc(N2CC[C@H](Oc3ncccc3Cl)C2)c(CO)c1. The molecule has 1 aliphatic rings. The van der Waals surface area contributed by atoms with Gasteiger partial charge in [0.05, 0.1) is 13.2 Å². The Morgan fingerprint density at radius 3 is 2.90 bits per heavy atom. The average Bonchev–Trinajstić information content (AvgIpc) is 3.26. The summed E-state index contributed by atoms with van der Waals surface area (Å²) >= 11 is 6.16. The summed E-state index contributed by atoms with van der Waals surface area (Å²) in [6.45, 7) is 8.99. The molecule has 2 N–H and O–H groups in total. The Balaban J connectivity index is 1.79. The van der Waals surface area contributed by atoms with Gasteiger partial charge in [-0.1, -0.05) is 42.5 Å². The van der Waals surface area contributed by atoms with Crippen molar-refractivity contribution in [1.29, 1.82) is 0 Å². The van der Waals surface area contributed by atoms with Gasteiger partial charge in [0.1, 0.15) is 17.2 Å². The summed E-state index contributed by atoms with van der Waals surface area (Å²) in [5.74, 6) is 0.442. The van der Waals surface area contributed by atoms with Crippen molar-refractivity contribution in [3.05, 3.63) is 88.6 Å². The number of aliphatic hydroxyl groups is 2. The molecule has 0 radical (unpaired) electrons. The molecule has 0 saturated carbocycles. The maximum Gasteiger partial charge on any atom is 0.232 e. The second kappa shape index (κ2) is 10.6. The van der Waals surface area contributed by atoms with Crippen LogP contribution in [0, 0.1) is 0 Å². The third-order valence-corrected chi connectivity index (χ3v) is 5.77. The van der Waals surface area contributed by atoms with Crippen molar-refractivity contribution in [2.24, 2.45) is 0 Å². The third kappa shape index (κ3) is 5.37. The van der Waals surface area contributed by atoms with E-state index >= 15 is 0 Å². The van der Waals surface area contributed by atoms with E-state index in [0.29, 0.717) is 17.4 Å². The van der Waals surface area contributed by atoms with Crippen LogP contribution in [-0.2, 0) is 6.61 Å². The summed E-state index contributed by atoms with van der Waals surface area (Å²) in [6, 6.07) is 9.26. The van der Waals surface area contributed by atoms with Crippen LogP contribution < -0.4 is 9.64 Å². The van der Waals surface area contributed by atoms with Gasteiger partial charge in [0.2, 0.25) is 5.88 Å². The molecule has 164 valence electrons. The van der Waals surface area contributed by atoms with Crippen LogP contribution in [0.5, 0.6) is 5.88 Å². The number of halogens is 1. The number of hydrogen-bond acceptors (Lipinski definition) is 5. The van der Waals surface area contributed by atoms with E-state index in [4.69, 9.17) is 16.3 Å². The fourth-order valence-electron chi connectivity index (χ4n) is 3.78. The lowest BCUT2D eigenvalue weighted by Gasteiger charge is -2.23. The molecule has 1 aromatic heterocycles. The number of hydrogen-bond donors (Lipinski definition) is 2. The predicted octanol–water partition coefficient (Wildman–Crippen LogP) is 5.00. The fourth-order valence-corrected chi connectivity index (χ4v) is 3.95. The molecule has 1 fully saturated rings. The third-order valence-electron chi connectivity index (χ3n) is 5.48. The molecule has 0 bridgehead atoms. The fraction of sp³-hybridized carbons (Fsp3) is 0.320. The minimum Gasteiger partial charge on any atom is -0.471 e. The van der Waals surface area contributed by atoms with E-state index < -0.39 is 6.10 Å². The minimum atomic E-state index is -0.797. The van der Waals surface area contributed by atoms with Gasteiger partial charge in [0, 0.05) is 30.4 Å². The molecule has 2 heterocycles. The number of rotatable bonds is 8. The van der Waals surface area contributed by atoms with Crippen LogP contribution in [0.1, 0.15) is 37.5 Å². The number of benzene rings is 1. The van der Waals surface area contributed by atoms with Gasteiger partial charge in [-0.05, 0) is 54.8 Å². The summed E-state index contributed by atoms with van der Waals surface area (Å²) in [5.41, 5.74) is 4.14. The molecule has 0 spiro atoms. The van der Waals surface area contributed by atoms with Crippen LogP contribution in [0.4, 0.5) is 5.69 Å². The quantitative estimate of drug-likeness (QED) is 0.565. The van der Waals surface area contributed by atoms with Crippen molar-refractivity contribution in [3.8, 4) is 5.88 Å². The van der Waals surface area contributed by atoms with Crippen molar-refractivity contribution in [1.82, 2.24) is 4.98 Å². The van der Waals surface area contributed by atoms with Crippen molar-refractivity contribution in [2.75, 3.05) is 18.0 Å². The first-order valence-electron chi connectivity index (χ1n) is 10.4. The smallest absolute Gasteiger partial charge is 0.232 e. The first kappa shape index (κ1) is 23.1. The lowest BCUT2D eigenvalue weighted by Crippen LogP contribution is -2.25. The van der Waals surface area contributed by atoms with E-state index in [2.05, 4.69) is 16.5 Å². The van der Waals surface area contributed by atoms with Crippen LogP contribution in [0.25, 0.3) is 0 Å². The molecule has 6 heteroatoms. The maximum absolute atomic E-state index is 10.9. The normalized spacial score (nSPS) is 18.2. The number of aromatic nitrogens is 1. The second-order valence-corrected chi connectivity index (χ2v) is 7.96. The highest BCUT2D eigenvalue weighted by atomic mass is 35.5. The summed E-state index contributed by atoms with van der Waals surface area (Å²) < 4.78 is 5.98. The number of nitrogens with zero attached hydrogens (tertiary/aromatic N) is 2. The minimum absolute atomic E-state index is 0.0383. The summed E-state index contributed by atoms with van der Waals surface area (Å²) in [5, 5.41) is 21.4. The molecule has 1 saturated heterocycles. The van der Waals surface area contributed by atoms with Gasteiger partial charge in [-0.3, -0.25) is 0 Å². The summed E-state index contributed by atoms with van der Waals surface area (Å²) in [4.78, 5) is 6.38. The Hall–Kier alpha value is -2.60. The van der Waals surface area contributed by atoms with Gasteiger partial charge < -0.3 is 19.8 Å². The monoisotopic (exact) mass is 440 g/mol. The molecule has 1 aliphatic heterocycles. The molecule has 1 unspecified atom stereocenters. The van der Waals surface area contributed by atoms with Crippen LogP contribution in [-0.4, -0.2) is 34.4 Å². The van der Waals surface area contributed by atoms with Crippen molar-refractivity contribution < 1.29 is 14.9 Å². The van der Waals surface area contributed by atoms with Crippen LogP contribution >= 0.6 is 11.6 Å². The molecular formula is C25H29ClN2O3. The Bertz CT molecular complexity index is 986. The Morgan fingerprint density at radius 2 is 2.23 bits per heavy atom. The van der Waals surface area contributed by atoms with E-state index in [0.717, 1.165) is 40.9 Å². The molecule has 0 aliphatic carbocycles. The van der Waals surface area contributed by atoms with Gasteiger partial charge in [-0.25, -0.2) is 4.98 Å². The standard InChI is InChI=1S/C25H29ClN2O3/c1-4-7-21(17(3)5-2)24(30)18-9-10-23(19(14-18)16-29)28-13-11-20(15-28)31-25-22(26)8-6-12-27-25/h4-10,12,14,20,24,29-30H,2,11,13,15-16H2,1,3H3/b7-4-,21-17+/t20-,24?/m0/s1. The second-order valence-electron chi connectivity index (χ2n) is 7.56. The molecule has 31 heavy (non-hydrogen) atoms. The van der Waals surface area contributed by atoms with Gasteiger partial charge in [-0.2, -0.15) is 0 Å². The Labute approximate surface area is 189 Å². The van der Waals surface area contributed by atoms with E-state index in [9.17, 15) is 10.2 Å². The van der Waals surface area contributed by atoms with E-state index in [1.54, 1.807) is 24.4 Å². The highest BCUT2D eigenvalue weighted by Gasteiger charge is 2.27. The topological polar surface area (TPSA) is 65.8 Å². The van der Waals surface area contributed by atoms with Crippen molar-refractivity contribution >= 4 is 17.3 Å². The van der Waals surface area contributed by atoms with Crippen LogP contribution in [0.15, 0.2) is 72.5 Å². The zero-order valence-corrected chi connectivity index (χ0v) is 18.7. The number of aliphatic hydroxyl groups excluding tert-OH is 2. The van der Waals surface area contributed by atoms with E-state index in [1.807, 2.05) is 44.2 Å². The molecule has 1 aromatic carbocycles. The molecule has 2 aromatic rings. The largest absolute Gasteiger partial charge is 0.471 e. The average molecular weight is 441 g/mol. The molecule has 0 amide bonds. The first-order valence-corrected chi connectivity index (χ1v) is 10.8. The predicted molar refractivity (Wildman–Crippen MR) is 126 cm³/mol. The number of pyridine rings is 1. The number of allylic oxidation sites excluding steroid dienone is 3. The van der Waals surface area contributed by atoms with Gasteiger partial charge in [0.25, 0.3) is 0 Å². The molecule has 5 nitrogen and oxygen atoms in total. The zero-order chi connectivity index (χ0) is 22.4. The number of ether oxygens (including phenoxy) is 1. The van der Waals surface area contributed by atoms with E-state index in [-0.39, 0.29) is 12.7 Å². The number of anilines is 1. The van der Waals surface area contributed by atoms with Gasteiger partial charge in [-0.15, -0.1) is 0 Å². The first-order chi connectivity index (χ1) is 15.0. The highest BCUT2D eigenvalue weighted by molar-refractivity contribution is 6.31. The molecular weight excluding hydrogens is 412 g/mol. The summed E-state index contributed by atoms with van der Waals surface area (Å²) in [6.07, 6.45) is 7.17. The summed E-state index contributed by atoms with van der Waals surface area (Å²) in [7, 11) is 0. The Kier molecular flexibility index (Phi) is 7.91. The van der Waals surface area contributed by atoms with Crippen molar-refractivity contribution in [2.45, 2.75) is 39.1 Å². The Morgan fingerprint density at radius 1 is 1.42 bits per heavy atom. The maximum atomic E-state index is 10.9. The van der Waals surface area contributed by atoms with Crippen molar-refractivity contribution in [3.63, 3.8) is 0 Å². The zero-order valence-electron chi connectivity index (χ0n) is 18.0.